The van der Waals surface area contributed by atoms with E-state index in [0.29, 0.717) is 5.75 Å². The lowest BCUT2D eigenvalue weighted by Gasteiger charge is -2.22. The Morgan fingerprint density at radius 3 is 2.26 bits per heavy atom. The largest absolute Gasteiger partial charge is 0.479 e. The fourth-order valence-corrected chi connectivity index (χ4v) is 1.66. The summed E-state index contributed by atoms with van der Waals surface area (Å²) in [6, 6.07) is 7.85. The van der Waals surface area contributed by atoms with Crippen molar-refractivity contribution in [1.82, 2.24) is 0 Å². The van der Waals surface area contributed by atoms with Crippen LogP contribution in [-0.4, -0.2) is 17.7 Å². The molecule has 0 amide bonds. The molecule has 106 valence electrons. The highest BCUT2D eigenvalue weighted by Crippen LogP contribution is 2.16. The third-order valence-corrected chi connectivity index (χ3v) is 2.51. The molecule has 19 heavy (non-hydrogen) atoms. The van der Waals surface area contributed by atoms with Crippen molar-refractivity contribution in [2.45, 2.75) is 59.2 Å². The van der Waals surface area contributed by atoms with E-state index >= 15 is 0 Å². The molecule has 0 bridgehead atoms. The monoisotopic (exact) mass is 264 g/mol. The van der Waals surface area contributed by atoms with Gasteiger partial charge in [0.2, 0.25) is 0 Å². The first-order chi connectivity index (χ1) is 8.81. The molecule has 0 radical (unpaired) electrons. The maximum atomic E-state index is 11.8. The highest BCUT2D eigenvalue weighted by molar-refractivity contribution is 5.75. The summed E-state index contributed by atoms with van der Waals surface area (Å²) in [5, 5.41) is 0. The molecule has 0 fully saturated rings. The normalized spacial score (nSPS) is 12.9. The van der Waals surface area contributed by atoms with Crippen LogP contribution in [0.5, 0.6) is 5.75 Å². The maximum absolute atomic E-state index is 11.8. The van der Waals surface area contributed by atoms with Crippen LogP contribution in [-0.2, 0) is 16.0 Å². The van der Waals surface area contributed by atoms with Gasteiger partial charge < -0.3 is 9.47 Å². The lowest BCUT2D eigenvalue weighted by molar-refractivity contribution is -0.162. The summed E-state index contributed by atoms with van der Waals surface area (Å²) in [7, 11) is 0. The molecule has 1 rings (SSSR count). The van der Waals surface area contributed by atoms with Crippen molar-refractivity contribution in [1.29, 1.82) is 0 Å². The van der Waals surface area contributed by atoms with Gasteiger partial charge in [0, 0.05) is 0 Å². The zero-order valence-electron chi connectivity index (χ0n) is 12.5. The van der Waals surface area contributed by atoms with Crippen molar-refractivity contribution in [2.24, 2.45) is 0 Å². The Kier molecular flexibility index (Phi) is 5.40. The molecule has 0 aliphatic rings. The predicted octanol–water partition coefficient (Wildman–Crippen LogP) is 3.75. The van der Waals surface area contributed by atoms with Crippen LogP contribution in [0.3, 0.4) is 0 Å². The Hall–Kier alpha value is -1.51. The van der Waals surface area contributed by atoms with E-state index in [4.69, 9.17) is 9.47 Å². The molecule has 0 aliphatic carbocycles. The second-order valence-corrected chi connectivity index (χ2v) is 5.69. The topological polar surface area (TPSA) is 35.5 Å². The van der Waals surface area contributed by atoms with E-state index in [-0.39, 0.29) is 5.97 Å². The molecule has 0 spiro atoms. The van der Waals surface area contributed by atoms with Crippen LogP contribution in [0.1, 0.15) is 46.6 Å². The summed E-state index contributed by atoms with van der Waals surface area (Å²) in [5.74, 6) is 0.350. The van der Waals surface area contributed by atoms with Gasteiger partial charge >= 0.3 is 5.97 Å². The standard InChI is InChI=1S/C16H24O3/c1-6-7-13-8-10-14(11-9-13)18-12(2)15(17)19-16(3,4)5/h8-12H,6-7H2,1-5H3. The highest BCUT2D eigenvalue weighted by atomic mass is 16.6. The molecule has 0 saturated carbocycles. The Morgan fingerprint density at radius 1 is 1.21 bits per heavy atom. The minimum atomic E-state index is -0.601. The number of carbonyl (C=O) groups is 1. The molecule has 1 aromatic carbocycles. The zero-order valence-corrected chi connectivity index (χ0v) is 12.5. The smallest absolute Gasteiger partial charge is 0.347 e. The van der Waals surface area contributed by atoms with E-state index in [0.717, 1.165) is 12.8 Å². The molecule has 1 unspecified atom stereocenters. The van der Waals surface area contributed by atoms with Crippen LogP contribution in [0, 0.1) is 0 Å². The van der Waals surface area contributed by atoms with Crippen LogP contribution in [0.4, 0.5) is 0 Å². The van der Waals surface area contributed by atoms with Gasteiger partial charge in [0.1, 0.15) is 11.4 Å². The molecular weight excluding hydrogens is 240 g/mol. The van der Waals surface area contributed by atoms with Crippen molar-refractivity contribution in [3.63, 3.8) is 0 Å². The van der Waals surface area contributed by atoms with Crippen LogP contribution in [0.15, 0.2) is 24.3 Å². The summed E-state index contributed by atoms with van der Waals surface area (Å²) < 4.78 is 10.9. The number of hydrogen-bond donors (Lipinski definition) is 0. The first-order valence-electron chi connectivity index (χ1n) is 6.80. The number of hydrogen-bond acceptors (Lipinski definition) is 3. The van der Waals surface area contributed by atoms with Crippen LogP contribution in [0.2, 0.25) is 0 Å². The number of rotatable bonds is 5. The van der Waals surface area contributed by atoms with Crippen molar-refractivity contribution < 1.29 is 14.3 Å². The van der Waals surface area contributed by atoms with E-state index in [9.17, 15) is 4.79 Å². The molecule has 0 N–H and O–H groups in total. The predicted molar refractivity (Wildman–Crippen MR) is 76.4 cm³/mol. The minimum Gasteiger partial charge on any atom is -0.479 e. The fourth-order valence-electron chi connectivity index (χ4n) is 1.66. The van der Waals surface area contributed by atoms with Crippen LogP contribution in [0.25, 0.3) is 0 Å². The summed E-state index contributed by atoms with van der Waals surface area (Å²) in [6.45, 7) is 9.38. The van der Waals surface area contributed by atoms with Crippen molar-refractivity contribution in [2.75, 3.05) is 0 Å². The van der Waals surface area contributed by atoms with Crippen LogP contribution < -0.4 is 4.74 Å². The molecular formula is C16H24O3. The van der Waals surface area contributed by atoms with Gasteiger partial charge in [-0.25, -0.2) is 4.79 Å². The molecule has 3 nitrogen and oxygen atoms in total. The zero-order chi connectivity index (χ0) is 14.5. The van der Waals surface area contributed by atoms with Gasteiger partial charge in [-0.3, -0.25) is 0 Å². The number of carbonyl (C=O) groups excluding carboxylic acids is 1. The van der Waals surface area contributed by atoms with Gasteiger partial charge in [-0.05, 0) is 51.8 Å². The second kappa shape index (κ2) is 6.60. The average molecular weight is 264 g/mol. The Labute approximate surface area is 115 Å². The van der Waals surface area contributed by atoms with Gasteiger partial charge in [-0.2, -0.15) is 0 Å². The van der Waals surface area contributed by atoms with Gasteiger partial charge in [0.05, 0.1) is 0 Å². The third kappa shape index (κ3) is 5.77. The molecule has 0 heterocycles. The second-order valence-electron chi connectivity index (χ2n) is 5.69. The van der Waals surface area contributed by atoms with Gasteiger partial charge in [-0.1, -0.05) is 25.5 Å². The van der Waals surface area contributed by atoms with Crippen molar-refractivity contribution >= 4 is 5.97 Å². The summed E-state index contributed by atoms with van der Waals surface area (Å²) >= 11 is 0. The Bertz CT molecular complexity index is 401. The number of benzene rings is 1. The maximum Gasteiger partial charge on any atom is 0.347 e. The third-order valence-electron chi connectivity index (χ3n) is 2.51. The van der Waals surface area contributed by atoms with E-state index in [1.54, 1.807) is 6.92 Å². The minimum absolute atomic E-state index is 0.342. The molecule has 1 aromatic rings. The fraction of sp³-hybridized carbons (Fsp3) is 0.562. The number of ether oxygens (including phenoxy) is 2. The lowest BCUT2D eigenvalue weighted by Crippen LogP contribution is -2.33. The SMILES string of the molecule is CCCc1ccc(OC(C)C(=O)OC(C)(C)C)cc1. The number of esters is 1. The van der Waals surface area contributed by atoms with Crippen molar-refractivity contribution in [3.05, 3.63) is 29.8 Å². The van der Waals surface area contributed by atoms with E-state index in [2.05, 4.69) is 6.92 Å². The van der Waals surface area contributed by atoms with E-state index in [1.807, 2.05) is 45.0 Å². The summed E-state index contributed by atoms with van der Waals surface area (Å²) in [4.78, 5) is 11.8. The Morgan fingerprint density at radius 2 is 1.79 bits per heavy atom. The molecule has 1 atom stereocenters. The Balaban J connectivity index is 2.56. The van der Waals surface area contributed by atoms with Crippen molar-refractivity contribution in [3.8, 4) is 5.75 Å². The van der Waals surface area contributed by atoms with Gasteiger partial charge in [0.15, 0.2) is 6.10 Å². The molecule has 0 aromatic heterocycles. The molecule has 0 saturated heterocycles. The van der Waals surface area contributed by atoms with E-state index in [1.165, 1.54) is 5.56 Å². The van der Waals surface area contributed by atoms with Gasteiger partial charge in [-0.15, -0.1) is 0 Å². The quantitative estimate of drug-likeness (QED) is 0.760. The number of aryl methyl sites for hydroxylation is 1. The lowest BCUT2D eigenvalue weighted by atomic mass is 10.1. The molecule has 3 heteroatoms. The summed E-state index contributed by atoms with van der Waals surface area (Å²) in [6.07, 6.45) is 1.58. The molecule has 0 aliphatic heterocycles. The average Bonchev–Trinajstić information content (AvgIpc) is 2.29. The van der Waals surface area contributed by atoms with E-state index < -0.39 is 11.7 Å². The van der Waals surface area contributed by atoms with Crippen LogP contribution >= 0.6 is 0 Å². The first-order valence-corrected chi connectivity index (χ1v) is 6.80. The first kappa shape index (κ1) is 15.5. The highest BCUT2D eigenvalue weighted by Gasteiger charge is 2.22. The summed E-state index contributed by atoms with van der Waals surface area (Å²) in [5.41, 5.74) is 0.791. The van der Waals surface area contributed by atoms with Gasteiger partial charge in [0.25, 0.3) is 0 Å².